The molecule has 0 amide bonds. The smallest absolute Gasteiger partial charge is 0.127 e. The lowest BCUT2D eigenvalue weighted by Gasteiger charge is -1.99. The first-order valence-electron chi connectivity index (χ1n) is 4.11. The van der Waals surface area contributed by atoms with E-state index in [1.807, 2.05) is 6.07 Å². The van der Waals surface area contributed by atoms with Gasteiger partial charge in [-0.25, -0.2) is 15.0 Å². The molecule has 2 N–H and O–H groups in total. The number of aromatic nitrogens is 3. The molecule has 0 aliphatic rings. The van der Waals surface area contributed by atoms with E-state index in [-0.39, 0.29) is 0 Å². The summed E-state index contributed by atoms with van der Waals surface area (Å²) in [7, 11) is 0. The number of anilines is 1. The molecule has 2 rings (SSSR count). The third-order valence-electron chi connectivity index (χ3n) is 1.57. The quantitative estimate of drug-likeness (QED) is 0.813. The number of rotatable bonds is 2. The summed E-state index contributed by atoms with van der Waals surface area (Å²) < 4.78 is 0. The van der Waals surface area contributed by atoms with E-state index in [4.69, 9.17) is 17.3 Å². The van der Waals surface area contributed by atoms with Crippen molar-refractivity contribution in [3.63, 3.8) is 0 Å². The van der Waals surface area contributed by atoms with Crippen LogP contribution in [0.4, 0.5) is 5.82 Å². The maximum absolute atomic E-state index is 5.72. The Labute approximate surface area is 95.9 Å². The molecular formula is C9H7ClN4S. The molecule has 0 unspecified atom stereocenters. The van der Waals surface area contributed by atoms with Gasteiger partial charge < -0.3 is 5.73 Å². The van der Waals surface area contributed by atoms with Crippen LogP contribution in [-0.4, -0.2) is 15.0 Å². The average Bonchev–Trinajstić information content (AvgIpc) is 2.22. The molecule has 0 bridgehead atoms. The summed E-state index contributed by atoms with van der Waals surface area (Å²) in [5.74, 6) is 0.446. The van der Waals surface area contributed by atoms with Gasteiger partial charge in [0.1, 0.15) is 22.2 Å². The monoisotopic (exact) mass is 238 g/mol. The molecule has 2 aromatic rings. The van der Waals surface area contributed by atoms with E-state index in [2.05, 4.69) is 15.0 Å². The zero-order valence-electron chi connectivity index (χ0n) is 7.59. The molecule has 0 aliphatic heterocycles. The fourth-order valence-electron chi connectivity index (χ4n) is 0.939. The normalized spacial score (nSPS) is 10.2. The molecule has 0 aromatic carbocycles. The highest BCUT2D eigenvalue weighted by Gasteiger charge is 2.00. The fraction of sp³-hybridized carbons (Fsp3) is 0. The topological polar surface area (TPSA) is 64.7 Å². The molecule has 0 fully saturated rings. The van der Waals surface area contributed by atoms with E-state index in [1.165, 1.54) is 18.1 Å². The van der Waals surface area contributed by atoms with Gasteiger partial charge in [-0.3, -0.25) is 0 Å². The molecule has 6 heteroatoms. The van der Waals surface area contributed by atoms with Crippen LogP contribution in [0.25, 0.3) is 0 Å². The Hall–Kier alpha value is -1.33. The molecule has 76 valence electrons. The van der Waals surface area contributed by atoms with Gasteiger partial charge in [-0.2, -0.15) is 0 Å². The lowest BCUT2D eigenvalue weighted by atomic mass is 10.5. The zero-order valence-corrected chi connectivity index (χ0v) is 9.16. The first-order chi connectivity index (χ1) is 7.24. The molecular weight excluding hydrogens is 232 g/mol. The standard InChI is InChI=1S/C9H7ClN4S/c10-6-1-2-8(12-4-6)15-9-3-7(11)13-5-14-9/h1-5H,(H2,11,13,14). The Balaban J connectivity index is 2.18. The van der Waals surface area contributed by atoms with E-state index in [1.54, 1.807) is 18.3 Å². The predicted octanol–water partition coefficient (Wildman–Crippen LogP) is 2.26. The summed E-state index contributed by atoms with van der Waals surface area (Å²) >= 11 is 7.13. The van der Waals surface area contributed by atoms with Crippen LogP contribution in [-0.2, 0) is 0 Å². The summed E-state index contributed by atoms with van der Waals surface area (Å²) in [6.45, 7) is 0. The van der Waals surface area contributed by atoms with Crippen LogP contribution in [0, 0.1) is 0 Å². The van der Waals surface area contributed by atoms with Crippen LogP contribution in [0.5, 0.6) is 0 Å². The average molecular weight is 239 g/mol. The van der Waals surface area contributed by atoms with Crippen LogP contribution in [0.2, 0.25) is 5.02 Å². The molecule has 0 radical (unpaired) electrons. The second-order valence-electron chi connectivity index (χ2n) is 2.70. The molecule has 0 atom stereocenters. The summed E-state index contributed by atoms with van der Waals surface area (Å²) in [6, 6.07) is 5.30. The Morgan fingerprint density at radius 2 is 2.00 bits per heavy atom. The number of pyridine rings is 1. The number of halogens is 1. The minimum atomic E-state index is 0.446. The molecule has 0 saturated carbocycles. The molecule has 2 aromatic heterocycles. The second-order valence-corrected chi connectivity index (χ2v) is 4.17. The highest BCUT2D eigenvalue weighted by Crippen LogP contribution is 2.24. The van der Waals surface area contributed by atoms with Crippen molar-refractivity contribution in [2.24, 2.45) is 0 Å². The number of hydrogen-bond acceptors (Lipinski definition) is 5. The summed E-state index contributed by atoms with van der Waals surface area (Å²) in [6.07, 6.45) is 3.02. The van der Waals surface area contributed by atoms with Gasteiger partial charge in [0.25, 0.3) is 0 Å². The van der Waals surface area contributed by atoms with Crippen molar-refractivity contribution in [2.45, 2.75) is 10.1 Å². The Kier molecular flexibility index (Phi) is 3.03. The molecule has 0 spiro atoms. The van der Waals surface area contributed by atoms with Crippen molar-refractivity contribution in [3.05, 3.63) is 35.7 Å². The predicted molar refractivity (Wildman–Crippen MR) is 59.8 cm³/mol. The minimum Gasteiger partial charge on any atom is -0.384 e. The van der Waals surface area contributed by atoms with Gasteiger partial charge in [0.15, 0.2) is 0 Å². The largest absolute Gasteiger partial charge is 0.384 e. The highest BCUT2D eigenvalue weighted by atomic mass is 35.5. The van der Waals surface area contributed by atoms with Crippen LogP contribution in [0.15, 0.2) is 40.8 Å². The molecule has 0 aliphatic carbocycles. The van der Waals surface area contributed by atoms with E-state index >= 15 is 0 Å². The Morgan fingerprint density at radius 1 is 1.13 bits per heavy atom. The van der Waals surface area contributed by atoms with Gasteiger partial charge in [0.05, 0.1) is 5.02 Å². The van der Waals surface area contributed by atoms with Crippen LogP contribution in [0.3, 0.4) is 0 Å². The van der Waals surface area contributed by atoms with Gasteiger partial charge >= 0.3 is 0 Å². The van der Waals surface area contributed by atoms with Crippen LogP contribution in [0.1, 0.15) is 0 Å². The fourth-order valence-corrected chi connectivity index (χ4v) is 1.79. The summed E-state index contributed by atoms with van der Waals surface area (Å²) in [4.78, 5) is 12.0. The first kappa shape index (κ1) is 10.2. The highest BCUT2D eigenvalue weighted by molar-refractivity contribution is 7.99. The third-order valence-corrected chi connectivity index (χ3v) is 2.68. The van der Waals surface area contributed by atoms with Crippen molar-refractivity contribution in [1.29, 1.82) is 0 Å². The zero-order chi connectivity index (χ0) is 10.7. The third kappa shape index (κ3) is 2.81. The molecule has 4 nitrogen and oxygen atoms in total. The van der Waals surface area contributed by atoms with Crippen molar-refractivity contribution in [1.82, 2.24) is 15.0 Å². The van der Waals surface area contributed by atoms with Gasteiger partial charge in [0, 0.05) is 12.3 Å². The first-order valence-corrected chi connectivity index (χ1v) is 5.30. The lowest BCUT2D eigenvalue weighted by molar-refractivity contribution is 1.04. The van der Waals surface area contributed by atoms with Crippen LogP contribution >= 0.6 is 23.4 Å². The molecule has 0 saturated heterocycles. The Morgan fingerprint density at radius 3 is 2.67 bits per heavy atom. The summed E-state index contributed by atoms with van der Waals surface area (Å²) in [5.41, 5.74) is 5.53. The SMILES string of the molecule is Nc1cc(Sc2ccc(Cl)cn2)ncn1. The van der Waals surface area contributed by atoms with E-state index in [0.717, 1.165) is 10.1 Å². The minimum absolute atomic E-state index is 0.446. The van der Waals surface area contributed by atoms with Gasteiger partial charge in [-0.15, -0.1) is 0 Å². The van der Waals surface area contributed by atoms with Gasteiger partial charge in [-0.1, -0.05) is 11.6 Å². The molecule has 2 heterocycles. The van der Waals surface area contributed by atoms with E-state index in [0.29, 0.717) is 10.8 Å². The van der Waals surface area contributed by atoms with E-state index < -0.39 is 0 Å². The van der Waals surface area contributed by atoms with Crippen molar-refractivity contribution >= 4 is 29.2 Å². The lowest BCUT2D eigenvalue weighted by Crippen LogP contribution is -1.91. The van der Waals surface area contributed by atoms with Crippen molar-refractivity contribution in [2.75, 3.05) is 5.73 Å². The van der Waals surface area contributed by atoms with Gasteiger partial charge in [0.2, 0.25) is 0 Å². The number of hydrogen-bond donors (Lipinski definition) is 1. The number of nitrogen functional groups attached to an aromatic ring is 1. The van der Waals surface area contributed by atoms with Crippen molar-refractivity contribution < 1.29 is 0 Å². The van der Waals surface area contributed by atoms with E-state index in [9.17, 15) is 0 Å². The number of nitrogens with zero attached hydrogens (tertiary/aromatic N) is 3. The summed E-state index contributed by atoms with van der Waals surface area (Å²) in [5, 5.41) is 2.19. The maximum atomic E-state index is 5.72. The van der Waals surface area contributed by atoms with Crippen molar-refractivity contribution in [3.8, 4) is 0 Å². The van der Waals surface area contributed by atoms with Crippen LogP contribution < -0.4 is 5.73 Å². The molecule has 15 heavy (non-hydrogen) atoms. The number of nitrogens with two attached hydrogens (primary N) is 1. The van der Waals surface area contributed by atoms with Gasteiger partial charge in [-0.05, 0) is 23.9 Å². The second kappa shape index (κ2) is 4.46. The Bertz CT molecular complexity index is 460. The maximum Gasteiger partial charge on any atom is 0.127 e.